The summed E-state index contributed by atoms with van der Waals surface area (Å²) >= 11 is 0. The van der Waals surface area contributed by atoms with Crippen LogP contribution >= 0.6 is 12.4 Å². The van der Waals surface area contributed by atoms with Gasteiger partial charge in [0.2, 0.25) is 0 Å². The number of rotatable bonds is 6. The lowest BCUT2D eigenvalue weighted by molar-refractivity contribution is -0.140. The second kappa shape index (κ2) is 8.98. The zero-order valence-electron chi connectivity index (χ0n) is 13.2. The Hall–Kier alpha value is -1.30. The maximum atomic E-state index is 12.5. The van der Waals surface area contributed by atoms with Gasteiger partial charge in [-0.2, -0.15) is 0 Å². The van der Waals surface area contributed by atoms with Gasteiger partial charge in [-0.15, -0.1) is 12.4 Å². The lowest BCUT2D eigenvalue weighted by Crippen LogP contribution is -2.51. The van der Waals surface area contributed by atoms with Crippen molar-refractivity contribution in [2.45, 2.75) is 31.8 Å². The number of carbonyl (C=O) groups is 1. The van der Waals surface area contributed by atoms with Gasteiger partial charge in [-0.25, -0.2) is 0 Å². The molecule has 2 N–H and O–H groups in total. The third-order valence-electron chi connectivity index (χ3n) is 3.80. The summed E-state index contributed by atoms with van der Waals surface area (Å²) in [5.74, 6) is 0.742. The van der Waals surface area contributed by atoms with E-state index in [4.69, 9.17) is 9.47 Å². The summed E-state index contributed by atoms with van der Waals surface area (Å²) in [4.78, 5) is 12.5. The maximum Gasteiger partial charge on any atom is 0.256 e. The Labute approximate surface area is 138 Å². The molecular weight excluding hydrogens is 304 g/mol. The molecule has 124 valence electrons. The molecule has 0 aliphatic carbocycles. The molecule has 2 rings (SSSR count). The van der Waals surface area contributed by atoms with Crippen molar-refractivity contribution in [1.29, 1.82) is 0 Å². The van der Waals surface area contributed by atoms with Gasteiger partial charge in [-0.05, 0) is 56.6 Å². The first-order valence-electron chi connectivity index (χ1n) is 7.50. The number of nitrogens with one attached hydrogen (secondary N) is 2. The first kappa shape index (κ1) is 18.7. The Balaban J connectivity index is 0.00000242. The highest BCUT2D eigenvalue weighted by Gasteiger charge is 2.39. The standard InChI is InChI=1S/C16H24N2O3.ClH/c1-3-12-21-14-6-4-13(5-7-14)18-15(19)16(20-2)8-10-17-11-9-16;/h4-7,17H,3,8-12H2,1-2H3,(H,18,19);1H. The molecule has 0 aromatic heterocycles. The second-order valence-corrected chi connectivity index (χ2v) is 5.28. The molecule has 0 saturated carbocycles. The fourth-order valence-corrected chi connectivity index (χ4v) is 2.45. The van der Waals surface area contributed by atoms with E-state index in [2.05, 4.69) is 17.6 Å². The van der Waals surface area contributed by atoms with Crippen LogP contribution in [-0.2, 0) is 9.53 Å². The Morgan fingerprint density at radius 3 is 2.45 bits per heavy atom. The van der Waals surface area contributed by atoms with E-state index in [1.54, 1.807) is 7.11 Å². The molecular formula is C16H25ClN2O3. The summed E-state index contributed by atoms with van der Waals surface area (Å²) in [6.07, 6.45) is 2.35. The minimum atomic E-state index is -0.720. The van der Waals surface area contributed by atoms with Gasteiger partial charge in [0.05, 0.1) is 6.61 Å². The van der Waals surface area contributed by atoms with Gasteiger partial charge in [0.25, 0.3) is 5.91 Å². The molecule has 1 aliphatic heterocycles. The number of anilines is 1. The highest BCUT2D eigenvalue weighted by Crippen LogP contribution is 2.25. The topological polar surface area (TPSA) is 59.6 Å². The molecule has 0 radical (unpaired) electrons. The highest BCUT2D eigenvalue weighted by atomic mass is 35.5. The summed E-state index contributed by atoms with van der Waals surface area (Å²) < 4.78 is 11.0. The smallest absolute Gasteiger partial charge is 0.256 e. The third-order valence-corrected chi connectivity index (χ3v) is 3.80. The van der Waals surface area contributed by atoms with E-state index < -0.39 is 5.60 Å². The Morgan fingerprint density at radius 2 is 1.91 bits per heavy atom. The van der Waals surface area contributed by atoms with Crippen LogP contribution in [0.1, 0.15) is 26.2 Å². The monoisotopic (exact) mass is 328 g/mol. The Bertz CT molecular complexity index is 459. The van der Waals surface area contributed by atoms with Crippen molar-refractivity contribution in [2.24, 2.45) is 0 Å². The number of hydrogen-bond acceptors (Lipinski definition) is 4. The molecule has 1 aliphatic rings. The first-order chi connectivity index (χ1) is 10.2. The van der Waals surface area contributed by atoms with Crippen LogP contribution in [0.3, 0.4) is 0 Å². The normalized spacial score (nSPS) is 16.5. The van der Waals surface area contributed by atoms with Crippen molar-refractivity contribution in [2.75, 3.05) is 32.1 Å². The molecule has 0 atom stereocenters. The molecule has 1 aromatic rings. The van der Waals surface area contributed by atoms with Crippen LogP contribution in [0.5, 0.6) is 5.75 Å². The fourth-order valence-electron chi connectivity index (χ4n) is 2.45. The minimum absolute atomic E-state index is 0. The van der Waals surface area contributed by atoms with Crippen LogP contribution in [0, 0.1) is 0 Å². The summed E-state index contributed by atoms with van der Waals surface area (Å²) in [6.45, 7) is 4.36. The number of methoxy groups -OCH3 is 1. The average molecular weight is 329 g/mol. The Kier molecular flexibility index (Phi) is 7.65. The highest BCUT2D eigenvalue weighted by molar-refractivity contribution is 5.97. The number of benzene rings is 1. The SMILES string of the molecule is CCCOc1ccc(NC(=O)C2(OC)CCNCC2)cc1.Cl. The largest absolute Gasteiger partial charge is 0.494 e. The number of ether oxygens (including phenoxy) is 2. The van der Waals surface area contributed by atoms with Crippen molar-refractivity contribution >= 4 is 24.0 Å². The van der Waals surface area contributed by atoms with Crippen molar-refractivity contribution in [1.82, 2.24) is 5.32 Å². The van der Waals surface area contributed by atoms with Gasteiger partial charge in [0.15, 0.2) is 0 Å². The van der Waals surface area contributed by atoms with Crippen molar-refractivity contribution in [3.8, 4) is 5.75 Å². The summed E-state index contributed by atoms with van der Waals surface area (Å²) in [6, 6.07) is 7.45. The fraction of sp³-hybridized carbons (Fsp3) is 0.562. The van der Waals surface area contributed by atoms with Gasteiger partial charge in [0, 0.05) is 12.8 Å². The second-order valence-electron chi connectivity index (χ2n) is 5.28. The summed E-state index contributed by atoms with van der Waals surface area (Å²) in [5.41, 5.74) is 0.0432. The average Bonchev–Trinajstić information content (AvgIpc) is 2.54. The van der Waals surface area contributed by atoms with E-state index in [0.717, 1.165) is 30.9 Å². The molecule has 1 aromatic carbocycles. The van der Waals surface area contributed by atoms with E-state index in [0.29, 0.717) is 19.4 Å². The number of amides is 1. The first-order valence-corrected chi connectivity index (χ1v) is 7.50. The molecule has 5 nitrogen and oxygen atoms in total. The molecule has 1 fully saturated rings. The quantitative estimate of drug-likeness (QED) is 0.842. The number of piperidine rings is 1. The predicted molar refractivity (Wildman–Crippen MR) is 89.9 cm³/mol. The van der Waals surface area contributed by atoms with E-state index in [1.807, 2.05) is 24.3 Å². The molecule has 0 unspecified atom stereocenters. The van der Waals surface area contributed by atoms with Gasteiger partial charge >= 0.3 is 0 Å². The van der Waals surface area contributed by atoms with Crippen LogP contribution in [0.15, 0.2) is 24.3 Å². The van der Waals surface area contributed by atoms with Gasteiger partial charge in [0.1, 0.15) is 11.4 Å². The van der Waals surface area contributed by atoms with Crippen LogP contribution in [0.2, 0.25) is 0 Å². The lowest BCUT2D eigenvalue weighted by atomic mass is 9.91. The van der Waals surface area contributed by atoms with Crippen molar-refractivity contribution < 1.29 is 14.3 Å². The Morgan fingerprint density at radius 1 is 1.27 bits per heavy atom. The zero-order chi connectivity index (χ0) is 15.1. The van der Waals surface area contributed by atoms with Crippen LogP contribution in [-0.4, -0.2) is 38.3 Å². The van der Waals surface area contributed by atoms with Gasteiger partial charge in [-0.3, -0.25) is 4.79 Å². The molecule has 0 spiro atoms. The van der Waals surface area contributed by atoms with E-state index in [-0.39, 0.29) is 18.3 Å². The zero-order valence-corrected chi connectivity index (χ0v) is 14.0. The molecule has 1 saturated heterocycles. The van der Waals surface area contributed by atoms with E-state index in [9.17, 15) is 4.79 Å². The van der Waals surface area contributed by atoms with Crippen LogP contribution in [0.4, 0.5) is 5.69 Å². The lowest BCUT2D eigenvalue weighted by Gasteiger charge is -2.34. The van der Waals surface area contributed by atoms with Crippen molar-refractivity contribution in [3.63, 3.8) is 0 Å². The van der Waals surface area contributed by atoms with E-state index in [1.165, 1.54) is 0 Å². The van der Waals surface area contributed by atoms with Crippen molar-refractivity contribution in [3.05, 3.63) is 24.3 Å². The summed E-state index contributed by atoms with van der Waals surface area (Å²) in [5, 5.41) is 6.18. The number of carbonyl (C=O) groups excluding carboxylic acids is 1. The maximum absolute atomic E-state index is 12.5. The molecule has 22 heavy (non-hydrogen) atoms. The van der Waals surface area contributed by atoms with E-state index >= 15 is 0 Å². The number of halogens is 1. The van der Waals surface area contributed by atoms with Crippen LogP contribution < -0.4 is 15.4 Å². The van der Waals surface area contributed by atoms with Crippen LogP contribution in [0.25, 0.3) is 0 Å². The van der Waals surface area contributed by atoms with Gasteiger partial charge in [-0.1, -0.05) is 6.92 Å². The molecule has 6 heteroatoms. The molecule has 1 amide bonds. The predicted octanol–water partition coefficient (Wildman–Crippen LogP) is 2.60. The third kappa shape index (κ3) is 4.60. The molecule has 1 heterocycles. The summed E-state index contributed by atoms with van der Waals surface area (Å²) in [7, 11) is 1.60. The van der Waals surface area contributed by atoms with Gasteiger partial charge < -0.3 is 20.1 Å². The minimum Gasteiger partial charge on any atom is -0.494 e. The number of hydrogen-bond donors (Lipinski definition) is 2. The molecule has 0 bridgehead atoms.